The second-order valence-electron chi connectivity index (χ2n) is 4.89. The Morgan fingerprint density at radius 3 is 2.82 bits per heavy atom. The van der Waals surface area contributed by atoms with Gasteiger partial charge in [0.05, 0.1) is 12.2 Å². The van der Waals surface area contributed by atoms with Crippen molar-refractivity contribution in [1.82, 2.24) is 4.90 Å². The molecule has 1 aromatic rings. The normalized spacial score (nSPS) is 18.4. The van der Waals surface area contributed by atoms with Crippen molar-refractivity contribution in [2.75, 3.05) is 18.4 Å². The van der Waals surface area contributed by atoms with Crippen LogP contribution in [0.1, 0.15) is 12.8 Å². The van der Waals surface area contributed by atoms with E-state index in [-0.39, 0.29) is 18.0 Å². The maximum atomic E-state index is 12.3. The maximum Gasteiger partial charge on any atom is 0.387 e. The third-order valence-electron chi connectivity index (χ3n) is 3.37. The molecule has 0 saturated carbocycles. The van der Waals surface area contributed by atoms with Crippen LogP contribution in [0.2, 0.25) is 0 Å². The van der Waals surface area contributed by atoms with Gasteiger partial charge >= 0.3 is 12.6 Å². The molecule has 2 rings (SSSR count). The number of nitrogens with one attached hydrogen (secondary N) is 1. The Morgan fingerprint density at radius 1 is 1.41 bits per heavy atom. The lowest BCUT2D eigenvalue weighted by Gasteiger charge is -2.20. The molecule has 1 aliphatic rings. The summed E-state index contributed by atoms with van der Waals surface area (Å²) in [4.78, 5) is 24.6. The Kier molecular flexibility index (Phi) is 5.26. The number of carbonyl (C=O) groups is 2. The number of amides is 1. The van der Waals surface area contributed by atoms with Gasteiger partial charge < -0.3 is 15.2 Å². The number of carbonyl (C=O) groups excluding carboxylic acids is 1. The summed E-state index contributed by atoms with van der Waals surface area (Å²) in [7, 11) is 0. The van der Waals surface area contributed by atoms with E-state index in [2.05, 4.69) is 10.1 Å². The number of aliphatic carboxylic acids is 1. The van der Waals surface area contributed by atoms with E-state index in [1.807, 2.05) is 0 Å². The van der Waals surface area contributed by atoms with Crippen molar-refractivity contribution in [2.45, 2.75) is 25.5 Å². The van der Waals surface area contributed by atoms with Crippen LogP contribution in [0.15, 0.2) is 24.3 Å². The number of nitrogens with zero attached hydrogens (tertiary/aromatic N) is 1. The molecule has 1 amide bonds. The first-order valence-electron chi connectivity index (χ1n) is 6.78. The molecule has 22 heavy (non-hydrogen) atoms. The number of carboxylic acid groups (broad SMARTS) is 1. The third kappa shape index (κ3) is 4.14. The van der Waals surface area contributed by atoms with Crippen LogP contribution in [0.25, 0.3) is 0 Å². The zero-order chi connectivity index (χ0) is 16.1. The van der Waals surface area contributed by atoms with Crippen LogP contribution in [0.4, 0.5) is 14.5 Å². The summed E-state index contributed by atoms with van der Waals surface area (Å²) in [6, 6.07) is 5.16. The average molecular weight is 314 g/mol. The van der Waals surface area contributed by atoms with E-state index in [9.17, 15) is 18.4 Å². The van der Waals surface area contributed by atoms with Crippen LogP contribution in [-0.2, 0) is 9.59 Å². The molecule has 2 N–H and O–H groups in total. The van der Waals surface area contributed by atoms with Gasteiger partial charge in [-0.1, -0.05) is 12.1 Å². The highest BCUT2D eigenvalue weighted by molar-refractivity contribution is 5.94. The second kappa shape index (κ2) is 7.17. The third-order valence-corrected chi connectivity index (χ3v) is 3.37. The second-order valence-corrected chi connectivity index (χ2v) is 4.89. The Hall–Kier alpha value is -2.22. The van der Waals surface area contributed by atoms with E-state index in [1.165, 1.54) is 18.2 Å². The average Bonchev–Trinajstić information content (AvgIpc) is 2.88. The molecular weight excluding hydrogens is 298 g/mol. The summed E-state index contributed by atoms with van der Waals surface area (Å²) in [5, 5.41) is 11.5. The fourth-order valence-electron chi connectivity index (χ4n) is 2.44. The number of ether oxygens (including phenoxy) is 1. The molecule has 1 atom stereocenters. The summed E-state index contributed by atoms with van der Waals surface area (Å²) in [6.07, 6.45) is 1.20. The number of alkyl halides is 2. The van der Waals surface area contributed by atoms with Gasteiger partial charge in [0.2, 0.25) is 5.91 Å². The summed E-state index contributed by atoms with van der Waals surface area (Å²) in [5.74, 6) is -1.58. The first kappa shape index (κ1) is 16.2. The van der Waals surface area contributed by atoms with Gasteiger partial charge in [0.1, 0.15) is 11.8 Å². The highest BCUT2D eigenvalue weighted by atomic mass is 19.3. The van der Waals surface area contributed by atoms with Crippen molar-refractivity contribution in [1.29, 1.82) is 0 Å². The number of anilines is 1. The molecule has 1 aliphatic heterocycles. The Labute approximate surface area is 125 Å². The monoisotopic (exact) mass is 314 g/mol. The van der Waals surface area contributed by atoms with Crippen molar-refractivity contribution in [3.8, 4) is 5.75 Å². The molecule has 1 fully saturated rings. The van der Waals surface area contributed by atoms with Crippen LogP contribution in [0.3, 0.4) is 0 Å². The van der Waals surface area contributed by atoms with E-state index in [1.54, 1.807) is 11.0 Å². The molecule has 1 saturated heterocycles. The van der Waals surface area contributed by atoms with Gasteiger partial charge in [-0.05, 0) is 31.5 Å². The van der Waals surface area contributed by atoms with Crippen LogP contribution in [0, 0.1) is 0 Å². The molecule has 1 heterocycles. The molecular formula is C14H16F2N2O4. The number of carboxylic acids is 1. The maximum absolute atomic E-state index is 12.3. The number of hydrogen-bond acceptors (Lipinski definition) is 4. The van der Waals surface area contributed by atoms with Gasteiger partial charge in [0, 0.05) is 0 Å². The molecule has 8 heteroatoms. The van der Waals surface area contributed by atoms with Gasteiger partial charge in [-0.15, -0.1) is 0 Å². The minimum Gasteiger partial charge on any atom is -0.480 e. The predicted molar refractivity (Wildman–Crippen MR) is 73.9 cm³/mol. The molecule has 6 nitrogen and oxygen atoms in total. The molecule has 0 aliphatic carbocycles. The molecule has 0 radical (unpaired) electrons. The van der Waals surface area contributed by atoms with E-state index in [0.29, 0.717) is 19.4 Å². The number of para-hydroxylation sites is 2. The van der Waals surface area contributed by atoms with Gasteiger partial charge in [-0.2, -0.15) is 8.78 Å². The van der Waals surface area contributed by atoms with Crippen molar-refractivity contribution in [2.24, 2.45) is 0 Å². The lowest BCUT2D eigenvalue weighted by molar-refractivity contribution is -0.142. The van der Waals surface area contributed by atoms with Crippen LogP contribution >= 0.6 is 0 Å². The molecule has 0 unspecified atom stereocenters. The van der Waals surface area contributed by atoms with Gasteiger partial charge in [-0.25, -0.2) is 0 Å². The Balaban J connectivity index is 1.99. The first-order valence-corrected chi connectivity index (χ1v) is 6.78. The molecule has 0 aromatic heterocycles. The number of likely N-dealkylation sites (tertiary alicyclic amines) is 1. The summed E-state index contributed by atoms with van der Waals surface area (Å²) in [6.45, 7) is -2.59. The van der Waals surface area contributed by atoms with Crippen molar-refractivity contribution in [3.63, 3.8) is 0 Å². The van der Waals surface area contributed by atoms with Crippen molar-refractivity contribution >= 4 is 17.6 Å². The topological polar surface area (TPSA) is 78.9 Å². The lowest BCUT2D eigenvalue weighted by Crippen LogP contribution is -2.40. The van der Waals surface area contributed by atoms with Crippen molar-refractivity contribution in [3.05, 3.63) is 24.3 Å². The fourth-order valence-corrected chi connectivity index (χ4v) is 2.44. The number of benzene rings is 1. The first-order chi connectivity index (χ1) is 10.5. The van der Waals surface area contributed by atoms with Crippen molar-refractivity contribution < 1.29 is 28.2 Å². The number of hydrogen-bond donors (Lipinski definition) is 2. The summed E-state index contributed by atoms with van der Waals surface area (Å²) in [5.41, 5.74) is 0.124. The molecule has 0 spiro atoms. The molecule has 0 bridgehead atoms. The number of halogens is 2. The summed E-state index contributed by atoms with van der Waals surface area (Å²) >= 11 is 0. The minimum atomic E-state index is -2.99. The zero-order valence-corrected chi connectivity index (χ0v) is 11.7. The van der Waals surface area contributed by atoms with Gasteiger partial charge in [0.25, 0.3) is 0 Å². The van der Waals surface area contributed by atoms with Crippen LogP contribution in [-0.4, -0.2) is 47.6 Å². The van der Waals surface area contributed by atoms with E-state index in [0.717, 1.165) is 0 Å². The quantitative estimate of drug-likeness (QED) is 0.837. The molecule has 120 valence electrons. The summed E-state index contributed by atoms with van der Waals surface area (Å²) < 4.78 is 28.9. The Bertz CT molecular complexity index is 553. The van der Waals surface area contributed by atoms with Crippen LogP contribution in [0.5, 0.6) is 5.75 Å². The van der Waals surface area contributed by atoms with Gasteiger partial charge in [-0.3, -0.25) is 14.5 Å². The van der Waals surface area contributed by atoms with Gasteiger partial charge in [0.15, 0.2) is 0 Å². The highest BCUT2D eigenvalue weighted by Gasteiger charge is 2.31. The highest BCUT2D eigenvalue weighted by Crippen LogP contribution is 2.25. The van der Waals surface area contributed by atoms with E-state index in [4.69, 9.17) is 5.11 Å². The van der Waals surface area contributed by atoms with E-state index >= 15 is 0 Å². The lowest BCUT2D eigenvalue weighted by atomic mass is 10.2. The standard InChI is InChI=1S/C14H16F2N2O4/c15-14(16)22-11-6-2-1-4-9(11)17-12(19)8-18-7-3-5-10(18)13(20)21/h1-2,4,6,10,14H,3,5,7-8H2,(H,17,19)(H,20,21)/t10-/m0/s1. The van der Waals surface area contributed by atoms with E-state index < -0.39 is 24.5 Å². The fraction of sp³-hybridized carbons (Fsp3) is 0.429. The van der Waals surface area contributed by atoms with Crippen LogP contribution < -0.4 is 10.1 Å². The Morgan fingerprint density at radius 2 is 2.14 bits per heavy atom. The predicted octanol–water partition coefficient (Wildman–Crippen LogP) is 1.78. The number of rotatable bonds is 6. The minimum absolute atomic E-state index is 0.111. The largest absolute Gasteiger partial charge is 0.480 e. The smallest absolute Gasteiger partial charge is 0.387 e. The molecule has 1 aromatic carbocycles. The SMILES string of the molecule is O=C(CN1CCC[C@H]1C(=O)O)Nc1ccccc1OC(F)F. The zero-order valence-electron chi connectivity index (χ0n) is 11.7.